The summed E-state index contributed by atoms with van der Waals surface area (Å²) in [5, 5.41) is 2.29. The van der Waals surface area contributed by atoms with Crippen LogP contribution in [0.1, 0.15) is 31.4 Å². The van der Waals surface area contributed by atoms with E-state index in [1.807, 2.05) is 6.92 Å². The van der Waals surface area contributed by atoms with E-state index in [1.165, 1.54) is 36.4 Å². The molecule has 1 aliphatic rings. The molecule has 1 heterocycles. The molecule has 1 N–H and O–H groups in total. The van der Waals surface area contributed by atoms with Crippen LogP contribution in [0, 0.1) is 0 Å². The van der Waals surface area contributed by atoms with Crippen LogP contribution in [0.4, 0.5) is 4.79 Å². The summed E-state index contributed by atoms with van der Waals surface area (Å²) in [4.78, 5) is 39.6. The van der Waals surface area contributed by atoms with Crippen molar-refractivity contribution in [1.82, 2.24) is 10.2 Å². The number of halogens is 3. The number of ether oxygens (including phenoxy) is 2. The van der Waals surface area contributed by atoms with Crippen LogP contribution in [0.5, 0.6) is 17.2 Å². The molecule has 4 amide bonds. The van der Waals surface area contributed by atoms with Gasteiger partial charge < -0.3 is 13.7 Å². The molecule has 0 unspecified atom stereocenters. The van der Waals surface area contributed by atoms with Crippen LogP contribution >= 0.6 is 34.8 Å². The van der Waals surface area contributed by atoms with Crippen molar-refractivity contribution >= 4 is 68.8 Å². The summed E-state index contributed by atoms with van der Waals surface area (Å²) in [6.07, 6.45) is 1.84. The Hall–Kier alpha value is -3.77. The zero-order chi connectivity index (χ0) is 31.3. The normalized spacial score (nSPS) is 14.6. The first kappa shape index (κ1) is 32.2. The molecule has 3 aromatic carbocycles. The summed E-state index contributed by atoms with van der Waals surface area (Å²) in [6.45, 7) is 4.39. The van der Waals surface area contributed by atoms with Crippen molar-refractivity contribution in [3.05, 3.63) is 86.4 Å². The van der Waals surface area contributed by atoms with Gasteiger partial charge in [0, 0.05) is 15.6 Å². The molecule has 43 heavy (non-hydrogen) atoms. The van der Waals surface area contributed by atoms with Gasteiger partial charge in [0.05, 0.1) is 24.8 Å². The van der Waals surface area contributed by atoms with E-state index in [-0.39, 0.29) is 32.8 Å². The second-order valence-corrected chi connectivity index (χ2v) is 11.9. The van der Waals surface area contributed by atoms with Crippen LogP contribution in [-0.4, -0.2) is 44.4 Å². The van der Waals surface area contributed by atoms with E-state index in [0.717, 1.165) is 17.4 Å². The third-order valence-electron chi connectivity index (χ3n) is 5.93. The minimum atomic E-state index is -4.42. The molecule has 0 bridgehead atoms. The Morgan fingerprint density at radius 3 is 2.28 bits per heavy atom. The van der Waals surface area contributed by atoms with Gasteiger partial charge in [0.1, 0.15) is 10.5 Å². The van der Waals surface area contributed by atoms with Gasteiger partial charge in [-0.15, -0.1) is 0 Å². The first-order chi connectivity index (χ1) is 20.4. The molecule has 0 aliphatic carbocycles. The van der Waals surface area contributed by atoms with Gasteiger partial charge in [-0.2, -0.15) is 8.42 Å². The minimum Gasteiger partial charge on any atom is -0.490 e. The maximum atomic E-state index is 13.5. The van der Waals surface area contributed by atoms with Crippen molar-refractivity contribution in [2.24, 2.45) is 0 Å². The molecule has 10 nitrogen and oxygen atoms in total. The third kappa shape index (κ3) is 7.61. The molecule has 4 rings (SSSR count). The van der Waals surface area contributed by atoms with Gasteiger partial charge in [-0.3, -0.25) is 19.8 Å². The third-order valence-corrected chi connectivity index (χ3v) is 7.91. The van der Waals surface area contributed by atoms with Gasteiger partial charge in [0.15, 0.2) is 17.2 Å². The molecule has 3 aromatic rings. The summed E-state index contributed by atoms with van der Waals surface area (Å²) in [5.41, 5.74) is -0.0631. The lowest BCUT2D eigenvalue weighted by Gasteiger charge is -2.27. The van der Waals surface area contributed by atoms with Gasteiger partial charge in [0.25, 0.3) is 11.8 Å². The van der Waals surface area contributed by atoms with Crippen molar-refractivity contribution in [3.8, 4) is 17.2 Å². The average molecular weight is 668 g/mol. The van der Waals surface area contributed by atoms with E-state index in [2.05, 4.69) is 5.32 Å². The van der Waals surface area contributed by atoms with Crippen molar-refractivity contribution in [3.63, 3.8) is 0 Å². The molecule has 0 atom stereocenters. The monoisotopic (exact) mass is 666 g/mol. The second kappa shape index (κ2) is 13.7. The zero-order valence-corrected chi connectivity index (χ0v) is 25.9. The highest BCUT2D eigenvalue weighted by Crippen LogP contribution is 2.37. The number of nitrogens with zero attached hydrogens (tertiary/aromatic N) is 1. The molecule has 0 spiro atoms. The van der Waals surface area contributed by atoms with Crippen molar-refractivity contribution in [1.29, 1.82) is 0 Å². The Kier molecular flexibility index (Phi) is 10.2. The van der Waals surface area contributed by atoms with E-state index >= 15 is 0 Å². The summed E-state index contributed by atoms with van der Waals surface area (Å²) >= 11 is 18.3. The summed E-state index contributed by atoms with van der Waals surface area (Å²) < 4.78 is 42.6. The number of barbiturate groups is 1. The highest BCUT2D eigenvalue weighted by molar-refractivity contribution is 7.87. The largest absolute Gasteiger partial charge is 0.490 e. The number of imide groups is 2. The number of nitrogens with one attached hydrogen (secondary N) is 1. The fourth-order valence-electron chi connectivity index (χ4n) is 3.96. The van der Waals surface area contributed by atoms with Crippen LogP contribution in [-0.2, 0) is 26.3 Å². The summed E-state index contributed by atoms with van der Waals surface area (Å²) in [7, 11) is -4.42. The van der Waals surface area contributed by atoms with Crippen LogP contribution in [0.15, 0.2) is 65.1 Å². The average Bonchev–Trinajstić information content (AvgIpc) is 2.95. The smallest absolute Gasteiger partial charge is 0.339 e. The number of hydrogen-bond acceptors (Lipinski definition) is 8. The highest BCUT2D eigenvalue weighted by Gasteiger charge is 2.36. The lowest BCUT2D eigenvalue weighted by Crippen LogP contribution is -2.53. The number of carbonyl (C=O) groups is 3. The maximum absolute atomic E-state index is 13.5. The molecular weight excluding hydrogens is 643 g/mol. The van der Waals surface area contributed by atoms with E-state index in [9.17, 15) is 22.8 Å². The predicted molar refractivity (Wildman–Crippen MR) is 161 cm³/mol. The van der Waals surface area contributed by atoms with E-state index in [4.69, 9.17) is 48.5 Å². The Labute approximate surface area is 263 Å². The molecule has 0 aromatic heterocycles. The number of hydrogen-bond donors (Lipinski definition) is 1. The Bertz CT molecular complexity index is 1710. The molecule has 0 saturated carbocycles. The van der Waals surface area contributed by atoms with Gasteiger partial charge in [-0.1, -0.05) is 47.8 Å². The van der Waals surface area contributed by atoms with Crippen LogP contribution in [0.25, 0.3) is 6.08 Å². The van der Waals surface area contributed by atoms with Gasteiger partial charge in [-0.05, 0) is 73.5 Å². The van der Waals surface area contributed by atoms with Crippen molar-refractivity contribution in [2.45, 2.75) is 31.7 Å². The van der Waals surface area contributed by atoms with Gasteiger partial charge >= 0.3 is 16.1 Å². The lowest BCUT2D eigenvalue weighted by molar-refractivity contribution is -0.130. The first-order valence-corrected chi connectivity index (χ1v) is 15.4. The first-order valence-electron chi connectivity index (χ1n) is 12.9. The predicted octanol–water partition coefficient (Wildman–Crippen LogP) is 6.26. The molecule has 14 heteroatoms. The Balaban J connectivity index is 1.68. The van der Waals surface area contributed by atoms with E-state index in [1.54, 1.807) is 25.1 Å². The van der Waals surface area contributed by atoms with Crippen molar-refractivity contribution < 1.29 is 36.5 Å². The quantitative estimate of drug-likeness (QED) is 0.144. The minimum absolute atomic E-state index is 0.0681. The number of urea groups is 1. The molecule has 1 aliphatic heterocycles. The van der Waals surface area contributed by atoms with E-state index < -0.39 is 33.5 Å². The van der Waals surface area contributed by atoms with Crippen molar-refractivity contribution in [2.75, 3.05) is 13.2 Å². The van der Waals surface area contributed by atoms with Gasteiger partial charge in [-0.25, -0.2) is 4.79 Å². The molecular formula is C29H25Cl3N2O8S. The Morgan fingerprint density at radius 2 is 1.60 bits per heavy atom. The number of rotatable bonds is 11. The lowest BCUT2D eigenvalue weighted by atomic mass is 10.1. The molecule has 0 radical (unpaired) electrons. The SMILES string of the molecule is CCCOc1ccc(CN2C(=O)NC(=O)/C(=C\c3cc(Cl)cc(Cl)c3OS(=O)(=O)c3ccc(Cl)cc3)C2=O)cc1OCC. The fraction of sp³-hybridized carbons (Fsp3) is 0.207. The highest BCUT2D eigenvalue weighted by atomic mass is 35.5. The van der Waals surface area contributed by atoms with Gasteiger partial charge in [0.2, 0.25) is 0 Å². The number of amides is 4. The summed E-state index contributed by atoms with van der Waals surface area (Å²) in [5.74, 6) is -1.40. The van der Waals surface area contributed by atoms with Crippen LogP contribution in [0.3, 0.4) is 0 Å². The molecule has 1 fully saturated rings. The fourth-order valence-corrected chi connectivity index (χ4v) is 5.65. The molecule has 1 saturated heterocycles. The molecule has 226 valence electrons. The van der Waals surface area contributed by atoms with Crippen LogP contribution in [0.2, 0.25) is 15.1 Å². The Morgan fingerprint density at radius 1 is 0.884 bits per heavy atom. The standard InChI is InChI=1S/C29H25Cl3N2O8S/c1-3-11-41-24-10-5-17(12-25(24)40-4-2)16-34-28(36)22(27(35)33-29(34)37)14-18-13-20(31)15-23(32)26(18)42-43(38,39)21-8-6-19(30)7-9-21/h5-10,12-15H,3-4,11,16H2,1-2H3,(H,33,35,37)/b22-14+. The number of benzene rings is 3. The van der Waals surface area contributed by atoms with E-state index in [0.29, 0.717) is 35.3 Å². The van der Waals surface area contributed by atoms with Crippen LogP contribution < -0.4 is 19.0 Å². The zero-order valence-electron chi connectivity index (χ0n) is 22.9. The topological polar surface area (TPSA) is 128 Å². The maximum Gasteiger partial charge on any atom is 0.339 e. The number of carbonyl (C=O) groups excluding carboxylic acids is 3. The summed E-state index contributed by atoms with van der Waals surface area (Å²) in [6, 6.07) is 11.7. The second-order valence-electron chi connectivity index (χ2n) is 9.07.